The van der Waals surface area contributed by atoms with Crippen LogP contribution < -0.4 is 15.4 Å². The molecule has 0 aliphatic carbocycles. The highest BCUT2D eigenvalue weighted by molar-refractivity contribution is 14.0. The van der Waals surface area contributed by atoms with Crippen LogP contribution in [0.5, 0.6) is 11.5 Å². The molecular formula is C21H26IN5O. The maximum absolute atomic E-state index is 6.08. The topological polar surface area (TPSA) is 63.5 Å². The third kappa shape index (κ3) is 5.98. The predicted molar refractivity (Wildman–Crippen MR) is 123 cm³/mol. The van der Waals surface area contributed by atoms with Gasteiger partial charge < -0.3 is 15.4 Å². The van der Waals surface area contributed by atoms with Crippen molar-refractivity contribution in [3.05, 3.63) is 77.6 Å². The molecule has 0 bridgehead atoms. The average molecular weight is 491 g/mol. The summed E-state index contributed by atoms with van der Waals surface area (Å²) in [6.07, 6.45) is 1.78. The van der Waals surface area contributed by atoms with E-state index in [0.717, 1.165) is 28.7 Å². The van der Waals surface area contributed by atoms with E-state index in [1.54, 1.807) is 13.2 Å². The summed E-state index contributed by atoms with van der Waals surface area (Å²) in [6, 6.07) is 18.0. The first-order chi connectivity index (χ1) is 13.2. The van der Waals surface area contributed by atoms with Crippen molar-refractivity contribution < 1.29 is 4.74 Å². The molecule has 2 N–H and O–H groups in total. The summed E-state index contributed by atoms with van der Waals surface area (Å²) in [5.41, 5.74) is 3.31. The third-order valence-corrected chi connectivity index (χ3v) is 4.22. The minimum Gasteiger partial charge on any atom is -0.457 e. The van der Waals surface area contributed by atoms with Gasteiger partial charge in [-0.3, -0.25) is 9.67 Å². The smallest absolute Gasteiger partial charge is 0.191 e. The maximum Gasteiger partial charge on any atom is 0.191 e. The Hall–Kier alpha value is -2.55. The van der Waals surface area contributed by atoms with Crippen molar-refractivity contribution in [3.63, 3.8) is 0 Å². The highest BCUT2D eigenvalue weighted by atomic mass is 127. The van der Waals surface area contributed by atoms with E-state index in [2.05, 4.69) is 33.7 Å². The van der Waals surface area contributed by atoms with Gasteiger partial charge in [0.2, 0.25) is 0 Å². The molecule has 0 fully saturated rings. The molecule has 0 spiro atoms. The Morgan fingerprint density at radius 3 is 2.57 bits per heavy atom. The molecule has 0 aliphatic rings. The summed E-state index contributed by atoms with van der Waals surface area (Å²) in [5, 5.41) is 10.8. The van der Waals surface area contributed by atoms with Crippen LogP contribution in [0.15, 0.2) is 65.8 Å². The standard InChI is InChI=1S/C21H25N5O.HI/c1-16-7-6-9-19(13-16)27-20-10-5-4-8-17(20)14-23-21(22-2)24-15-18-11-12-25-26(18)3;/h4-13H,14-15H2,1-3H3,(H2,22,23,24);1H. The largest absolute Gasteiger partial charge is 0.457 e. The molecular weight excluding hydrogens is 465 g/mol. The van der Waals surface area contributed by atoms with E-state index in [1.165, 1.54) is 5.56 Å². The number of para-hydroxylation sites is 1. The van der Waals surface area contributed by atoms with Crippen LogP contribution in [-0.4, -0.2) is 22.8 Å². The number of rotatable bonds is 6. The van der Waals surface area contributed by atoms with Crippen molar-refractivity contribution in [1.29, 1.82) is 0 Å². The molecule has 0 saturated carbocycles. The van der Waals surface area contributed by atoms with Crippen molar-refractivity contribution in [2.45, 2.75) is 20.0 Å². The van der Waals surface area contributed by atoms with E-state index in [9.17, 15) is 0 Å². The molecule has 1 aromatic heterocycles. The number of nitrogens with zero attached hydrogens (tertiary/aromatic N) is 3. The van der Waals surface area contributed by atoms with Crippen LogP contribution in [0.25, 0.3) is 0 Å². The van der Waals surface area contributed by atoms with Gasteiger partial charge in [0.25, 0.3) is 0 Å². The van der Waals surface area contributed by atoms with Crippen LogP contribution in [0, 0.1) is 6.92 Å². The van der Waals surface area contributed by atoms with Crippen LogP contribution in [0.1, 0.15) is 16.8 Å². The monoisotopic (exact) mass is 491 g/mol. The van der Waals surface area contributed by atoms with Gasteiger partial charge in [-0.2, -0.15) is 5.10 Å². The second-order valence-corrected chi connectivity index (χ2v) is 6.25. The zero-order valence-electron chi connectivity index (χ0n) is 16.3. The van der Waals surface area contributed by atoms with E-state index in [0.29, 0.717) is 13.1 Å². The number of ether oxygens (including phenoxy) is 1. The van der Waals surface area contributed by atoms with E-state index in [4.69, 9.17) is 4.74 Å². The van der Waals surface area contributed by atoms with Crippen LogP contribution in [-0.2, 0) is 20.1 Å². The average Bonchev–Trinajstić information content (AvgIpc) is 3.08. The van der Waals surface area contributed by atoms with Gasteiger partial charge >= 0.3 is 0 Å². The number of halogens is 1. The van der Waals surface area contributed by atoms with Gasteiger partial charge in [0.05, 0.1) is 12.2 Å². The zero-order chi connectivity index (χ0) is 19.1. The lowest BCUT2D eigenvalue weighted by molar-refractivity contribution is 0.475. The van der Waals surface area contributed by atoms with Crippen molar-refractivity contribution in [3.8, 4) is 11.5 Å². The van der Waals surface area contributed by atoms with E-state index in [-0.39, 0.29) is 24.0 Å². The molecule has 28 heavy (non-hydrogen) atoms. The fraction of sp³-hybridized carbons (Fsp3) is 0.238. The number of benzene rings is 2. The van der Waals surface area contributed by atoms with Crippen LogP contribution in [0.4, 0.5) is 0 Å². The molecule has 0 radical (unpaired) electrons. The van der Waals surface area contributed by atoms with Crippen molar-refractivity contribution in [2.24, 2.45) is 12.0 Å². The number of aromatic nitrogens is 2. The Kier molecular flexibility index (Phi) is 8.31. The summed E-state index contributed by atoms with van der Waals surface area (Å²) < 4.78 is 7.92. The quantitative estimate of drug-likeness (QED) is 0.311. The first-order valence-corrected chi connectivity index (χ1v) is 8.89. The van der Waals surface area contributed by atoms with Gasteiger partial charge in [-0.1, -0.05) is 30.3 Å². The number of guanidine groups is 1. The third-order valence-electron chi connectivity index (χ3n) is 4.22. The Labute approximate surface area is 183 Å². The highest BCUT2D eigenvalue weighted by Crippen LogP contribution is 2.25. The normalized spacial score (nSPS) is 10.9. The fourth-order valence-electron chi connectivity index (χ4n) is 2.70. The van der Waals surface area contributed by atoms with Gasteiger partial charge in [-0.05, 0) is 36.8 Å². The Morgan fingerprint density at radius 2 is 1.86 bits per heavy atom. The second kappa shape index (κ2) is 10.7. The van der Waals surface area contributed by atoms with Crippen molar-refractivity contribution in [1.82, 2.24) is 20.4 Å². The number of nitrogens with one attached hydrogen (secondary N) is 2. The highest BCUT2D eigenvalue weighted by Gasteiger charge is 2.07. The second-order valence-electron chi connectivity index (χ2n) is 6.25. The molecule has 0 unspecified atom stereocenters. The Balaban J connectivity index is 0.00000280. The molecule has 0 atom stereocenters. The van der Waals surface area contributed by atoms with E-state index < -0.39 is 0 Å². The summed E-state index contributed by atoms with van der Waals surface area (Å²) in [5.74, 6) is 2.39. The molecule has 6 nitrogen and oxygen atoms in total. The van der Waals surface area contributed by atoms with Gasteiger partial charge in [0.15, 0.2) is 5.96 Å². The summed E-state index contributed by atoms with van der Waals surface area (Å²) in [6.45, 7) is 3.31. The van der Waals surface area contributed by atoms with Gasteiger partial charge in [-0.25, -0.2) is 0 Å². The molecule has 2 aromatic carbocycles. The van der Waals surface area contributed by atoms with E-state index >= 15 is 0 Å². The molecule has 7 heteroatoms. The lowest BCUT2D eigenvalue weighted by Crippen LogP contribution is -2.36. The fourth-order valence-corrected chi connectivity index (χ4v) is 2.70. The van der Waals surface area contributed by atoms with Crippen molar-refractivity contribution >= 4 is 29.9 Å². The minimum absolute atomic E-state index is 0. The zero-order valence-corrected chi connectivity index (χ0v) is 18.7. The molecule has 3 rings (SSSR count). The first kappa shape index (κ1) is 21.7. The van der Waals surface area contributed by atoms with Gasteiger partial charge in [-0.15, -0.1) is 24.0 Å². The number of aryl methyl sites for hydroxylation is 2. The summed E-state index contributed by atoms with van der Waals surface area (Å²) in [4.78, 5) is 4.28. The summed E-state index contributed by atoms with van der Waals surface area (Å²) >= 11 is 0. The van der Waals surface area contributed by atoms with Crippen LogP contribution in [0.2, 0.25) is 0 Å². The lowest BCUT2D eigenvalue weighted by Gasteiger charge is -2.15. The van der Waals surface area contributed by atoms with Crippen LogP contribution in [0.3, 0.4) is 0 Å². The predicted octanol–water partition coefficient (Wildman–Crippen LogP) is 4.00. The van der Waals surface area contributed by atoms with Crippen LogP contribution >= 0.6 is 24.0 Å². The molecule has 0 aliphatic heterocycles. The lowest BCUT2D eigenvalue weighted by atomic mass is 10.2. The molecule has 0 saturated heterocycles. The van der Waals surface area contributed by atoms with Gasteiger partial charge in [0.1, 0.15) is 11.5 Å². The van der Waals surface area contributed by atoms with E-state index in [1.807, 2.05) is 60.3 Å². The first-order valence-electron chi connectivity index (χ1n) is 8.89. The Morgan fingerprint density at radius 1 is 1.07 bits per heavy atom. The number of hydrogen-bond acceptors (Lipinski definition) is 3. The molecule has 3 aromatic rings. The van der Waals surface area contributed by atoms with Crippen molar-refractivity contribution in [2.75, 3.05) is 7.05 Å². The maximum atomic E-state index is 6.08. The molecule has 1 heterocycles. The molecule has 148 valence electrons. The Bertz CT molecular complexity index is 922. The number of hydrogen-bond donors (Lipinski definition) is 2. The summed E-state index contributed by atoms with van der Waals surface area (Å²) in [7, 11) is 3.68. The van der Waals surface area contributed by atoms with Gasteiger partial charge in [0, 0.05) is 32.4 Å². The SMILES string of the molecule is CN=C(NCc1ccccc1Oc1cccc(C)c1)NCc1ccnn1C.I. The molecule has 0 amide bonds. The number of aliphatic imine (C=N–C) groups is 1. The minimum atomic E-state index is 0.